The Morgan fingerprint density at radius 2 is 2.04 bits per heavy atom. The van der Waals surface area contributed by atoms with E-state index in [2.05, 4.69) is 15.1 Å². The molecule has 0 saturated heterocycles. The summed E-state index contributed by atoms with van der Waals surface area (Å²) in [5, 5.41) is 5.32. The van der Waals surface area contributed by atoms with E-state index in [0.29, 0.717) is 23.8 Å². The number of hydrogen-bond acceptors (Lipinski definition) is 6. The van der Waals surface area contributed by atoms with Gasteiger partial charge < -0.3 is 9.47 Å². The van der Waals surface area contributed by atoms with Crippen LogP contribution >= 0.6 is 11.6 Å². The number of rotatable bonds is 3. The number of esters is 1. The summed E-state index contributed by atoms with van der Waals surface area (Å²) in [6.07, 6.45) is 4.29. The molecule has 1 aliphatic rings. The van der Waals surface area contributed by atoms with Gasteiger partial charge in [0, 0.05) is 20.1 Å². The second-order valence-corrected chi connectivity index (χ2v) is 6.20. The quantitative estimate of drug-likeness (QED) is 0.630. The Hall–Kier alpha value is -1.73. The number of carbonyl (C=O) groups excluding carboxylic acids is 1. The molecule has 0 radical (unpaired) electrons. The standard InChI is InChI=1S/C15H19ClN4O3/c1-20-13-10(8-17-20)11(16)18-12(19-13)9-4-6-15(23-3,7-5-9)14(21)22-2/h8-9H,4-7H2,1-3H3. The number of carbonyl (C=O) groups is 1. The number of ether oxygens (including phenoxy) is 2. The minimum absolute atomic E-state index is 0.139. The number of hydrogen-bond donors (Lipinski definition) is 0. The zero-order chi connectivity index (χ0) is 16.6. The topological polar surface area (TPSA) is 79.1 Å². The number of nitrogens with zero attached hydrogens (tertiary/aromatic N) is 4. The highest BCUT2D eigenvalue weighted by Crippen LogP contribution is 2.40. The first-order valence-corrected chi connectivity index (χ1v) is 7.87. The van der Waals surface area contributed by atoms with Gasteiger partial charge in [-0.1, -0.05) is 11.6 Å². The highest BCUT2D eigenvalue weighted by molar-refractivity contribution is 6.33. The third kappa shape index (κ3) is 2.68. The van der Waals surface area contributed by atoms with Crippen LogP contribution in [0.25, 0.3) is 11.0 Å². The van der Waals surface area contributed by atoms with Gasteiger partial charge in [-0.2, -0.15) is 5.10 Å². The largest absolute Gasteiger partial charge is 0.467 e. The van der Waals surface area contributed by atoms with Gasteiger partial charge in [0.2, 0.25) is 0 Å². The summed E-state index contributed by atoms with van der Waals surface area (Å²) in [7, 11) is 4.75. The molecule has 124 valence electrons. The SMILES string of the molecule is COC(=O)C1(OC)CCC(c2nc(Cl)c3cnn(C)c3n2)CC1. The Morgan fingerprint density at radius 1 is 1.35 bits per heavy atom. The van der Waals surface area contributed by atoms with Gasteiger partial charge in [-0.25, -0.2) is 14.8 Å². The van der Waals surface area contributed by atoms with Crippen LogP contribution in [0, 0.1) is 0 Å². The smallest absolute Gasteiger partial charge is 0.338 e. The van der Waals surface area contributed by atoms with Crippen LogP contribution in [-0.2, 0) is 21.3 Å². The van der Waals surface area contributed by atoms with E-state index in [-0.39, 0.29) is 11.9 Å². The number of methoxy groups -OCH3 is 2. The molecule has 3 rings (SSSR count). The maximum atomic E-state index is 12.0. The molecule has 2 aromatic rings. The molecule has 0 amide bonds. The van der Waals surface area contributed by atoms with Gasteiger partial charge >= 0.3 is 5.97 Å². The minimum Gasteiger partial charge on any atom is -0.467 e. The molecule has 1 saturated carbocycles. The highest BCUT2D eigenvalue weighted by atomic mass is 35.5. The third-order valence-electron chi connectivity index (χ3n) is 4.67. The molecule has 0 atom stereocenters. The molecule has 0 bridgehead atoms. The van der Waals surface area contributed by atoms with E-state index in [1.54, 1.807) is 18.0 Å². The van der Waals surface area contributed by atoms with Crippen molar-refractivity contribution >= 4 is 28.6 Å². The van der Waals surface area contributed by atoms with Gasteiger partial charge in [-0.15, -0.1) is 0 Å². The van der Waals surface area contributed by atoms with Crippen molar-refractivity contribution in [1.82, 2.24) is 19.7 Å². The average molecular weight is 339 g/mol. The first kappa shape index (κ1) is 16.1. The molecule has 2 heterocycles. The molecule has 8 heteroatoms. The van der Waals surface area contributed by atoms with E-state index in [9.17, 15) is 4.79 Å². The van der Waals surface area contributed by atoms with Crippen LogP contribution in [0.15, 0.2) is 6.20 Å². The lowest BCUT2D eigenvalue weighted by Gasteiger charge is -2.36. The normalized spacial score (nSPS) is 24.8. The molecule has 0 spiro atoms. The summed E-state index contributed by atoms with van der Waals surface area (Å²) in [5.74, 6) is 0.514. The monoisotopic (exact) mass is 338 g/mol. The van der Waals surface area contributed by atoms with Crippen LogP contribution in [0.4, 0.5) is 0 Å². The number of aryl methyl sites for hydroxylation is 1. The lowest BCUT2D eigenvalue weighted by molar-refractivity contribution is -0.170. The van der Waals surface area contributed by atoms with Crippen molar-refractivity contribution in [3.05, 3.63) is 17.2 Å². The van der Waals surface area contributed by atoms with Gasteiger partial charge in [-0.3, -0.25) is 4.68 Å². The van der Waals surface area contributed by atoms with Gasteiger partial charge in [0.15, 0.2) is 11.2 Å². The fourth-order valence-corrected chi connectivity index (χ4v) is 3.43. The Bertz CT molecular complexity index is 738. The van der Waals surface area contributed by atoms with Gasteiger partial charge in [0.05, 0.1) is 18.7 Å². The molecule has 1 aliphatic carbocycles. The predicted molar refractivity (Wildman–Crippen MR) is 84.3 cm³/mol. The Labute approximate surface area is 138 Å². The lowest BCUT2D eigenvalue weighted by Crippen LogP contribution is -2.44. The average Bonchev–Trinajstić information content (AvgIpc) is 2.96. The molecule has 2 aromatic heterocycles. The Balaban J connectivity index is 1.85. The summed E-state index contributed by atoms with van der Waals surface area (Å²) in [4.78, 5) is 21.0. The van der Waals surface area contributed by atoms with Gasteiger partial charge in [0.1, 0.15) is 11.0 Å². The molecular formula is C15H19ClN4O3. The first-order chi connectivity index (χ1) is 11.0. The van der Waals surface area contributed by atoms with Crippen molar-refractivity contribution in [2.75, 3.05) is 14.2 Å². The van der Waals surface area contributed by atoms with Gasteiger partial charge in [-0.05, 0) is 25.7 Å². The summed E-state index contributed by atoms with van der Waals surface area (Å²) in [6, 6.07) is 0. The zero-order valence-electron chi connectivity index (χ0n) is 13.4. The van der Waals surface area contributed by atoms with Crippen molar-refractivity contribution in [3.63, 3.8) is 0 Å². The fraction of sp³-hybridized carbons (Fsp3) is 0.600. The van der Waals surface area contributed by atoms with Crippen molar-refractivity contribution < 1.29 is 14.3 Å². The van der Waals surface area contributed by atoms with E-state index in [1.807, 2.05) is 7.05 Å². The molecule has 1 fully saturated rings. The number of aromatic nitrogens is 4. The predicted octanol–water partition coefficient (Wildman–Crippen LogP) is 2.23. The van der Waals surface area contributed by atoms with Crippen LogP contribution in [0.5, 0.6) is 0 Å². The number of fused-ring (bicyclic) bond motifs is 1. The van der Waals surface area contributed by atoms with Crippen molar-refractivity contribution in [2.24, 2.45) is 7.05 Å². The molecule has 0 aliphatic heterocycles. The first-order valence-electron chi connectivity index (χ1n) is 7.49. The Morgan fingerprint density at radius 3 is 2.65 bits per heavy atom. The molecular weight excluding hydrogens is 320 g/mol. The van der Waals surface area contributed by atoms with E-state index in [0.717, 1.165) is 23.9 Å². The van der Waals surface area contributed by atoms with E-state index in [4.69, 9.17) is 21.1 Å². The zero-order valence-corrected chi connectivity index (χ0v) is 14.1. The second kappa shape index (κ2) is 6.05. The van der Waals surface area contributed by atoms with E-state index < -0.39 is 5.60 Å². The van der Waals surface area contributed by atoms with Crippen molar-refractivity contribution in [2.45, 2.75) is 37.2 Å². The van der Waals surface area contributed by atoms with Crippen LogP contribution < -0.4 is 0 Å². The van der Waals surface area contributed by atoms with Crippen molar-refractivity contribution in [1.29, 1.82) is 0 Å². The molecule has 0 unspecified atom stereocenters. The summed E-state index contributed by atoms with van der Waals surface area (Å²) < 4.78 is 12.0. The van der Waals surface area contributed by atoms with Gasteiger partial charge in [0.25, 0.3) is 0 Å². The van der Waals surface area contributed by atoms with Crippen LogP contribution in [0.2, 0.25) is 5.15 Å². The minimum atomic E-state index is -0.855. The van der Waals surface area contributed by atoms with Crippen LogP contribution in [0.1, 0.15) is 37.4 Å². The second-order valence-electron chi connectivity index (χ2n) is 5.84. The summed E-state index contributed by atoms with van der Waals surface area (Å²) >= 11 is 6.25. The lowest BCUT2D eigenvalue weighted by atomic mass is 9.78. The molecule has 0 aromatic carbocycles. The van der Waals surface area contributed by atoms with E-state index >= 15 is 0 Å². The van der Waals surface area contributed by atoms with Crippen LogP contribution in [0.3, 0.4) is 0 Å². The highest BCUT2D eigenvalue weighted by Gasteiger charge is 2.44. The molecule has 0 N–H and O–H groups in total. The van der Waals surface area contributed by atoms with E-state index in [1.165, 1.54) is 7.11 Å². The maximum Gasteiger partial charge on any atom is 0.338 e. The maximum absolute atomic E-state index is 12.0. The number of halogens is 1. The fourth-order valence-electron chi connectivity index (χ4n) is 3.21. The Kier molecular flexibility index (Phi) is 4.25. The van der Waals surface area contributed by atoms with Crippen molar-refractivity contribution in [3.8, 4) is 0 Å². The van der Waals surface area contributed by atoms with Crippen LogP contribution in [-0.4, -0.2) is 45.5 Å². The summed E-state index contributed by atoms with van der Waals surface area (Å²) in [5.41, 5.74) is -0.136. The molecule has 7 nitrogen and oxygen atoms in total. The molecule has 23 heavy (non-hydrogen) atoms. The summed E-state index contributed by atoms with van der Waals surface area (Å²) in [6.45, 7) is 0. The third-order valence-corrected chi connectivity index (χ3v) is 4.96.